The molecule has 0 spiro atoms. The Morgan fingerprint density at radius 1 is 1.15 bits per heavy atom. The third kappa shape index (κ3) is 6.05. The maximum absolute atomic E-state index is 14.1. The molecule has 1 saturated carbocycles. The van der Waals surface area contributed by atoms with Crippen LogP contribution in [-0.4, -0.2) is 73.3 Å². The number of pyridine rings is 1. The Balaban J connectivity index is 1.12. The van der Waals surface area contributed by atoms with Crippen molar-refractivity contribution < 1.29 is 27.4 Å². The van der Waals surface area contributed by atoms with Gasteiger partial charge in [-0.1, -0.05) is 17.7 Å². The van der Waals surface area contributed by atoms with Gasteiger partial charge in [-0.25, -0.2) is 14.5 Å². The zero-order chi connectivity index (χ0) is 33.0. The van der Waals surface area contributed by atoms with E-state index in [4.69, 9.17) is 21.1 Å². The van der Waals surface area contributed by atoms with E-state index in [0.717, 1.165) is 25.3 Å². The van der Waals surface area contributed by atoms with Gasteiger partial charge in [0.15, 0.2) is 23.0 Å². The maximum atomic E-state index is 14.1. The molecular weight excluding hydrogens is 639 g/mol. The first kappa shape index (κ1) is 31.1. The third-order valence-electron chi connectivity index (χ3n) is 8.61. The molecule has 1 saturated heterocycles. The van der Waals surface area contributed by atoms with Gasteiger partial charge in [-0.2, -0.15) is 23.3 Å². The Labute approximate surface area is 272 Å². The number of alkyl halides is 3. The van der Waals surface area contributed by atoms with E-state index in [-0.39, 0.29) is 58.1 Å². The lowest BCUT2D eigenvalue weighted by Gasteiger charge is -2.20. The molecule has 0 unspecified atom stereocenters. The molecule has 16 heteroatoms. The number of carbonyl (C=O) groups excluding carboxylic acids is 1. The first-order chi connectivity index (χ1) is 22.5. The number of amides is 1. The fraction of sp³-hybridized carbons (Fsp3) is 0.387. The van der Waals surface area contributed by atoms with Crippen LogP contribution < -0.4 is 15.0 Å². The number of carbonyl (C=O) groups is 1. The molecule has 246 valence electrons. The third-order valence-corrected chi connectivity index (χ3v) is 8.97. The summed E-state index contributed by atoms with van der Waals surface area (Å²) in [6, 6.07) is 4.18. The van der Waals surface area contributed by atoms with Crippen LogP contribution in [-0.2, 0) is 29.3 Å². The smallest absolute Gasteiger partial charge is 0.416 e. The van der Waals surface area contributed by atoms with E-state index < -0.39 is 11.7 Å². The molecule has 1 N–H and O–H groups in total. The summed E-state index contributed by atoms with van der Waals surface area (Å²) < 4.78 is 57.0. The standard InChI is InChI=1S/C31H31ClF3N9O3/c1-41(29(45)17-4-5-17)25-16-44-22(11-36-25)23(13-38-44)47-24-12-37-28-27(26(24)32)42(2)30(40-28)39-19-7-6-18(21(10-19)31(33,34)35)14-43-9-8-20(15-43)46-3/h6-7,10-13,16-17,20H,4-5,8-9,14-15H2,1-3H3,(H,37,39,40)/t20-/m0/s1. The van der Waals surface area contributed by atoms with Crippen molar-refractivity contribution in [2.45, 2.75) is 38.1 Å². The SMILES string of the molecule is CO[C@H]1CCN(Cc2ccc(Nc3nc4ncc(Oc5cnn6cc(N(C)C(=O)C7CC7)ncc56)c(Cl)c4n3C)cc2C(F)(F)F)C1. The number of halogens is 4. The maximum Gasteiger partial charge on any atom is 0.416 e. The Hall–Kier alpha value is -4.47. The van der Waals surface area contributed by atoms with Gasteiger partial charge in [-0.15, -0.1) is 0 Å². The molecule has 1 aliphatic carbocycles. The molecule has 0 radical (unpaired) electrons. The number of fused-ring (bicyclic) bond motifs is 2. The normalized spacial score (nSPS) is 17.1. The number of hydrogen-bond donors (Lipinski definition) is 1. The molecule has 47 heavy (non-hydrogen) atoms. The zero-order valence-electron chi connectivity index (χ0n) is 25.8. The van der Waals surface area contributed by atoms with Crippen molar-refractivity contribution in [3.05, 3.63) is 59.1 Å². The zero-order valence-corrected chi connectivity index (χ0v) is 26.5. The lowest BCUT2D eigenvalue weighted by atomic mass is 10.1. The molecule has 0 bridgehead atoms. The van der Waals surface area contributed by atoms with E-state index in [1.54, 1.807) is 48.7 Å². The number of hydrogen-bond acceptors (Lipinski definition) is 9. The summed E-state index contributed by atoms with van der Waals surface area (Å²) in [5.74, 6) is 1.35. The highest BCUT2D eigenvalue weighted by Crippen LogP contribution is 2.39. The summed E-state index contributed by atoms with van der Waals surface area (Å²) in [7, 11) is 4.97. The minimum atomic E-state index is -4.55. The van der Waals surface area contributed by atoms with Gasteiger partial charge in [0.25, 0.3) is 0 Å². The van der Waals surface area contributed by atoms with E-state index in [9.17, 15) is 18.0 Å². The fourth-order valence-corrected chi connectivity index (χ4v) is 6.09. The van der Waals surface area contributed by atoms with Gasteiger partial charge in [0, 0.05) is 52.4 Å². The molecule has 5 aromatic rings. The minimum absolute atomic E-state index is 0.0213. The number of anilines is 3. The number of likely N-dealkylation sites (tertiary alicyclic amines) is 1. The topological polar surface area (TPSA) is 115 Å². The predicted octanol–water partition coefficient (Wildman–Crippen LogP) is 5.81. The number of nitrogens with one attached hydrogen (secondary N) is 1. The van der Waals surface area contributed by atoms with Gasteiger partial charge in [-0.05, 0) is 37.0 Å². The van der Waals surface area contributed by atoms with E-state index in [2.05, 4.69) is 25.4 Å². The van der Waals surface area contributed by atoms with Gasteiger partial charge in [0.05, 0.1) is 36.5 Å². The Morgan fingerprint density at radius 2 is 1.96 bits per heavy atom. The molecule has 7 rings (SSSR count). The molecule has 1 atom stereocenters. The summed E-state index contributed by atoms with van der Waals surface area (Å²) in [5.41, 5.74) is 0.913. The average molecular weight is 670 g/mol. The highest BCUT2D eigenvalue weighted by Gasteiger charge is 2.35. The molecule has 2 fully saturated rings. The van der Waals surface area contributed by atoms with Gasteiger partial charge in [0.2, 0.25) is 11.9 Å². The van der Waals surface area contributed by atoms with Crippen molar-refractivity contribution in [3.8, 4) is 11.5 Å². The van der Waals surface area contributed by atoms with E-state index >= 15 is 0 Å². The summed E-state index contributed by atoms with van der Waals surface area (Å²) >= 11 is 6.77. The highest BCUT2D eigenvalue weighted by atomic mass is 35.5. The monoisotopic (exact) mass is 669 g/mol. The first-order valence-electron chi connectivity index (χ1n) is 15.0. The van der Waals surface area contributed by atoms with Crippen LogP contribution in [0.25, 0.3) is 16.7 Å². The van der Waals surface area contributed by atoms with Crippen molar-refractivity contribution >= 4 is 51.6 Å². The van der Waals surface area contributed by atoms with E-state index in [1.807, 2.05) is 4.90 Å². The van der Waals surface area contributed by atoms with Gasteiger partial charge in [-0.3, -0.25) is 14.6 Å². The largest absolute Gasteiger partial charge is 0.450 e. The number of imidazole rings is 1. The van der Waals surface area contributed by atoms with Crippen molar-refractivity contribution in [1.29, 1.82) is 0 Å². The second kappa shape index (κ2) is 12.0. The molecule has 4 aromatic heterocycles. The van der Waals surface area contributed by atoms with Crippen molar-refractivity contribution in [2.24, 2.45) is 13.0 Å². The van der Waals surface area contributed by atoms with Crippen molar-refractivity contribution in [1.82, 2.24) is 34.0 Å². The second-order valence-electron chi connectivity index (χ2n) is 11.8. The molecule has 2 aliphatic rings. The lowest BCUT2D eigenvalue weighted by molar-refractivity contribution is -0.138. The van der Waals surface area contributed by atoms with Crippen LogP contribution in [0.5, 0.6) is 11.5 Å². The van der Waals surface area contributed by atoms with E-state index in [1.165, 1.54) is 23.4 Å². The second-order valence-corrected chi connectivity index (χ2v) is 12.2. The molecule has 1 aliphatic heterocycles. The molecular formula is C31H31ClF3N9O3. The summed E-state index contributed by atoms with van der Waals surface area (Å²) in [4.78, 5) is 29.2. The fourth-order valence-electron chi connectivity index (χ4n) is 5.79. The molecule has 1 amide bonds. The number of aromatic nitrogens is 6. The van der Waals surface area contributed by atoms with Crippen molar-refractivity contribution in [2.75, 3.05) is 37.5 Å². The Morgan fingerprint density at radius 3 is 2.68 bits per heavy atom. The highest BCUT2D eigenvalue weighted by molar-refractivity contribution is 6.36. The summed E-state index contributed by atoms with van der Waals surface area (Å²) in [6.07, 6.45) is 4.16. The van der Waals surface area contributed by atoms with Crippen LogP contribution >= 0.6 is 11.6 Å². The summed E-state index contributed by atoms with van der Waals surface area (Å²) in [5, 5.41) is 7.53. The molecule has 1 aromatic carbocycles. The average Bonchev–Trinajstić information content (AvgIpc) is 3.55. The first-order valence-corrected chi connectivity index (χ1v) is 15.4. The van der Waals surface area contributed by atoms with Crippen LogP contribution in [0, 0.1) is 5.92 Å². The van der Waals surface area contributed by atoms with E-state index in [0.29, 0.717) is 35.7 Å². The minimum Gasteiger partial charge on any atom is -0.450 e. The van der Waals surface area contributed by atoms with Crippen LogP contribution in [0.3, 0.4) is 0 Å². The number of methoxy groups -OCH3 is 1. The van der Waals surface area contributed by atoms with Crippen LogP contribution in [0.4, 0.5) is 30.6 Å². The quantitative estimate of drug-likeness (QED) is 0.208. The van der Waals surface area contributed by atoms with Crippen LogP contribution in [0.15, 0.2) is 43.0 Å². The van der Waals surface area contributed by atoms with Gasteiger partial charge in [0.1, 0.15) is 16.1 Å². The number of aryl methyl sites for hydroxylation is 1. The van der Waals surface area contributed by atoms with Crippen LogP contribution in [0.1, 0.15) is 30.4 Å². The molecule has 12 nitrogen and oxygen atoms in total. The van der Waals surface area contributed by atoms with Crippen LogP contribution in [0.2, 0.25) is 5.02 Å². The number of nitrogens with zero attached hydrogens (tertiary/aromatic N) is 8. The summed E-state index contributed by atoms with van der Waals surface area (Å²) in [6.45, 7) is 1.43. The predicted molar refractivity (Wildman–Crippen MR) is 168 cm³/mol. The Kier molecular flexibility index (Phi) is 7.92. The molecule has 5 heterocycles. The number of rotatable bonds is 9. The lowest BCUT2D eigenvalue weighted by Crippen LogP contribution is -2.28. The number of ether oxygens (including phenoxy) is 2. The van der Waals surface area contributed by atoms with Crippen molar-refractivity contribution in [3.63, 3.8) is 0 Å². The van der Waals surface area contributed by atoms with Gasteiger partial charge < -0.3 is 19.4 Å². The number of benzene rings is 1. The van der Waals surface area contributed by atoms with Gasteiger partial charge >= 0.3 is 6.18 Å². The Bertz CT molecular complexity index is 1990.